The first-order valence-corrected chi connectivity index (χ1v) is 11.3. The lowest BCUT2D eigenvalue weighted by Gasteiger charge is -2.44. The Kier molecular flexibility index (Phi) is 5.94. The number of carbonyl (C=O) groups is 2. The van der Waals surface area contributed by atoms with Gasteiger partial charge in [-0.3, -0.25) is 10.1 Å². The number of nitrogens with one attached hydrogen (secondary N) is 1. The highest BCUT2D eigenvalue weighted by Crippen LogP contribution is 2.39. The molecule has 1 spiro atoms. The van der Waals surface area contributed by atoms with Crippen molar-refractivity contribution in [2.24, 2.45) is 0 Å². The molecule has 1 saturated heterocycles. The van der Waals surface area contributed by atoms with E-state index in [4.69, 9.17) is 9.47 Å². The molecule has 5 rings (SSSR count). The quantitative estimate of drug-likeness (QED) is 0.593. The maximum Gasteiger partial charge on any atom is 0.411 e. The summed E-state index contributed by atoms with van der Waals surface area (Å²) in [5.41, 5.74) is 4.42. The van der Waals surface area contributed by atoms with Gasteiger partial charge in [0.1, 0.15) is 5.75 Å². The third-order valence-electron chi connectivity index (χ3n) is 6.33. The molecule has 34 heavy (non-hydrogen) atoms. The number of methoxy groups -OCH3 is 1. The molecule has 2 aliphatic rings. The number of likely N-dealkylation sites (tertiary alicyclic amines) is 1. The van der Waals surface area contributed by atoms with Gasteiger partial charge in [0.2, 0.25) is 5.79 Å². The van der Waals surface area contributed by atoms with Gasteiger partial charge in [-0.25, -0.2) is 4.79 Å². The SMILES string of the molecule is COC(=O)Nc1ccc(-c2ccc3c(c2)COC2(CCN(C(=O)c4ccccc4)CC2)O3)cc1. The fourth-order valence-corrected chi connectivity index (χ4v) is 4.39. The Morgan fingerprint density at radius 1 is 0.941 bits per heavy atom. The Labute approximate surface area is 198 Å². The third kappa shape index (κ3) is 4.47. The van der Waals surface area contributed by atoms with Crippen molar-refractivity contribution in [2.45, 2.75) is 25.2 Å². The minimum absolute atomic E-state index is 0.0455. The fourth-order valence-electron chi connectivity index (χ4n) is 4.39. The number of hydrogen-bond donors (Lipinski definition) is 1. The molecule has 2 amide bonds. The smallest absolute Gasteiger partial charge is 0.411 e. The van der Waals surface area contributed by atoms with E-state index in [1.165, 1.54) is 7.11 Å². The van der Waals surface area contributed by atoms with Crippen molar-refractivity contribution >= 4 is 17.7 Å². The Morgan fingerprint density at radius 3 is 2.35 bits per heavy atom. The number of benzene rings is 3. The summed E-state index contributed by atoms with van der Waals surface area (Å²) in [5, 5.41) is 2.65. The van der Waals surface area contributed by atoms with Crippen molar-refractivity contribution in [3.63, 3.8) is 0 Å². The van der Waals surface area contributed by atoms with Crippen molar-refractivity contribution in [2.75, 3.05) is 25.5 Å². The lowest BCUT2D eigenvalue weighted by Crippen LogP contribution is -2.52. The molecule has 7 nitrogen and oxygen atoms in total. The Balaban J connectivity index is 1.24. The van der Waals surface area contributed by atoms with Crippen molar-refractivity contribution in [3.8, 4) is 16.9 Å². The van der Waals surface area contributed by atoms with Gasteiger partial charge >= 0.3 is 6.09 Å². The molecular formula is C27H26N2O5. The minimum Gasteiger partial charge on any atom is -0.462 e. The van der Waals surface area contributed by atoms with E-state index in [0.29, 0.717) is 43.8 Å². The summed E-state index contributed by atoms with van der Waals surface area (Å²) < 4.78 is 17.2. The summed E-state index contributed by atoms with van der Waals surface area (Å²) in [6, 6.07) is 23.0. The number of amides is 2. The average molecular weight is 459 g/mol. The lowest BCUT2D eigenvalue weighted by molar-refractivity contribution is -0.225. The van der Waals surface area contributed by atoms with E-state index in [9.17, 15) is 9.59 Å². The summed E-state index contributed by atoms with van der Waals surface area (Å²) >= 11 is 0. The molecule has 174 valence electrons. The van der Waals surface area contributed by atoms with Gasteiger partial charge < -0.3 is 19.1 Å². The zero-order valence-electron chi connectivity index (χ0n) is 19.0. The molecule has 0 atom stereocenters. The number of anilines is 1. The number of nitrogens with zero attached hydrogens (tertiary/aromatic N) is 1. The Morgan fingerprint density at radius 2 is 1.65 bits per heavy atom. The number of carbonyl (C=O) groups excluding carboxylic acids is 2. The molecule has 0 bridgehead atoms. The van der Waals surface area contributed by atoms with Crippen LogP contribution in [0, 0.1) is 0 Å². The first-order chi connectivity index (χ1) is 16.5. The molecule has 0 saturated carbocycles. The van der Waals surface area contributed by atoms with Crippen molar-refractivity contribution in [1.29, 1.82) is 0 Å². The first kappa shape index (κ1) is 22.0. The molecular weight excluding hydrogens is 432 g/mol. The van der Waals surface area contributed by atoms with Crippen LogP contribution in [0.25, 0.3) is 11.1 Å². The van der Waals surface area contributed by atoms with Crippen LogP contribution in [0.3, 0.4) is 0 Å². The van der Waals surface area contributed by atoms with Crippen LogP contribution < -0.4 is 10.1 Å². The largest absolute Gasteiger partial charge is 0.462 e. The van der Waals surface area contributed by atoms with Gasteiger partial charge in [-0.2, -0.15) is 0 Å². The maximum atomic E-state index is 12.7. The average Bonchev–Trinajstić information content (AvgIpc) is 2.89. The van der Waals surface area contributed by atoms with Crippen molar-refractivity contribution < 1.29 is 23.8 Å². The second kappa shape index (κ2) is 9.19. The molecule has 1 fully saturated rings. The van der Waals surface area contributed by atoms with Crippen LogP contribution in [0.5, 0.6) is 5.75 Å². The van der Waals surface area contributed by atoms with Crippen LogP contribution in [0.1, 0.15) is 28.8 Å². The van der Waals surface area contributed by atoms with Gasteiger partial charge in [0.15, 0.2) is 0 Å². The van der Waals surface area contributed by atoms with E-state index in [1.54, 1.807) is 0 Å². The number of ether oxygens (including phenoxy) is 3. The van der Waals surface area contributed by atoms with Gasteiger partial charge in [0.25, 0.3) is 5.91 Å². The van der Waals surface area contributed by atoms with Crippen LogP contribution in [0.15, 0.2) is 72.8 Å². The fraction of sp³-hybridized carbons (Fsp3) is 0.259. The highest BCUT2D eigenvalue weighted by Gasteiger charge is 2.42. The van der Waals surface area contributed by atoms with E-state index < -0.39 is 11.9 Å². The zero-order valence-corrected chi connectivity index (χ0v) is 19.0. The van der Waals surface area contributed by atoms with Gasteiger partial charge in [-0.1, -0.05) is 36.4 Å². The summed E-state index contributed by atoms with van der Waals surface area (Å²) in [5.74, 6) is 0.175. The molecule has 0 radical (unpaired) electrons. The van der Waals surface area contributed by atoms with E-state index in [2.05, 4.69) is 16.1 Å². The van der Waals surface area contributed by atoms with Crippen molar-refractivity contribution in [1.82, 2.24) is 4.90 Å². The molecule has 3 aromatic rings. The topological polar surface area (TPSA) is 77.1 Å². The third-order valence-corrected chi connectivity index (χ3v) is 6.33. The number of hydrogen-bond acceptors (Lipinski definition) is 5. The first-order valence-electron chi connectivity index (χ1n) is 11.3. The highest BCUT2D eigenvalue weighted by molar-refractivity contribution is 5.94. The van der Waals surface area contributed by atoms with Gasteiger partial charge in [-0.15, -0.1) is 0 Å². The number of fused-ring (bicyclic) bond motifs is 1. The molecule has 0 aromatic heterocycles. The second-order valence-electron chi connectivity index (χ2n) is 8.48. The molecule has 2 heterocycles. The molecule has 0 unspecified atom stereocenters. The van der Waals surface area contributed by atoms with Gasteiger partial charge in [0, 0.05) is 42.7 Å². The van der Waals surface area contributed by atoms with Crippen LogP contribution in [0.4, 0.5) is 10.5 Å². The lowest BCUT2D eigenvalue weighted by atomic mass is 9.98. The molecule has 2 aliphatic heterocycles. The predicted molar refractivity (Wildman–Crippen MR) is 128 cm³/mol. The van der Waals surface area contributed by atoms with Crippen LogP contribution in [-0.4, -0.2) is 42.9 Å². The van der Waals surface area contributed by atoms with E-state index in [-0.39, 0.29) is 5.91 Å². The monoisotopic (exact) mass is 458 g/mol. The van der Waals surface area contributed by atoms with Gasteiger partial charge in [-0.05, 0) is 47.5 Å². The van der Waals surface area contributed by atoms with Crippen molar-refractivity contribution in [3.05, 3.63) is 83.9 Å². The summed E-state index contributed by atoms with van der Waals surface area (Å²) in [4.78, 5) is 26.0. The maximum absolute atomic E-state index is 12.7. The molecule has 7 heteroatoms. The number of rotatable bonds is 3. The molecule has 0 aliphatic carbocycles. The minimum atomic E-state index is -0.691. The predicted octanol–water partition coefficient (Wildman–Crippen LogP) is 5.07. The van der Waals surface area contributed by atoms with Crippen LogP contribution in [-0.2, 0) is 16.1 Å². The van der Waals surface area contributed by atoms with E-state index in [1.807, 2.05) is 71.6 Å². The second-order valence-corrected chi connectivity index (χ2v) is 8.48. The van der Waals surface area contributed by atoms with E-state index in [0.717, 1.165) is 22.4 Å². The molecule has 3 aromatic carbocycles. The Bertz CT molecular complexity index is 1190. The van der Waals surface area contributed by atoms with E-state index >= 15 is 0 Å². The normalized spacial score (nSPS) is 16.3. The van der Waals surface area contributed by atoms with Crippen LogP contribution >= 0.6 is 0 Å². The van der Waals surface area contributed by atoms with Gasteiger partial charge in [0.05, 0.1) is 13.7 Å². The summed E-state index contributed by atoms with van der Waals surface area (Å²) in [6.07, 6.45) is 0.753. The highest BCUT2D eigenvalue weighted by atomic mass is 16.7. The standard InChI is InChI=1S/C27H26N2O5/c1-32-26(31)28-23-10-7-19(8-11-23)21-9-12-24-22(17-21)18-33-27(34-24)13-15-29(16-14-27)25(30)20-5-3-2-4-6-20/h2-12,17H,13-16,18H2,1H3,(H,28,31). The zero-order chi connectivity index (χ0) is 23.5. The summed E-state index contributed by atoms with van der Waals surface area (Å²) in [7, 11) is 1.33. The molecule has 1 N–H and O–H groups in total. The number of piperidine rings is 1. The van der Waals surface area contributed by atoms with Crippen LogP contribution in [0.2, 0.25) is 0 Å². The Hall–Kier alpha value is -3.84. The summed E-state index contributed by atoms with van der Waals surface area (Å²) in [6.45, 7) is 1.64.